The summed E-state index contributed by atoms with van der Waals surface area (Å²) in [4.78, 5) is 27.6. The van der Waals surface area contributed by atoms with E-state index in [0.29, 0.717) is 5.56 Å². The van der Waals surface area contributed by atoms with E-state index < -0.39 is 0 Å². The fourth-order valence-corrected chi connectivity index (χ4v) is 2.47. The SMILES string of the molecule is CC(=O)N1CCCC[C@H]1c1c[nH]c(=O)c(C)c1. The lowest BCUT2D eigenvalue weighted by Gasteiger charge is -2.35. The van der Waals surface area contributed by atoms with Gasteiger partial charge in [-0.1, -0.05) is 0 Å². The molecule has 92 valence electrons. The molecule has 2 rings (SSSR count). The Morgan fingerprint density at radius 2 is 2.24 bits per heavy atom. The fourth-order valence-electron chi connectivity index (χ4n) is 2.47. The molecule has 0 saturated carbocycles. The van der Waals surface area contributed by atoms with Gasteiger partial charge in [0, 0.05) is 25.2 Å². The van der Waals surface area contributed by atoms with Crippen molar-refractivity contribution in [2.75, 3.05) is 6.54 Å². The Balaban J connectivity index is 2.32. The van der Waals surface area contributed by atoms with Crippen LogP contribution in [0.2, 0.25) is 0 Å². The summed E-state index contributed by atoms with van der Waals surface area (Å²) >= 11 is 0. The zero-order valence-electron chi connectivity index (χ0n) is 10.3. The normalized spacial score (nSPS) is 20.4. The number of carbonyl (C=O) groups excluding carboxylic acids is 1. The average molecular weight is 234 g/mol. The molecule has 0 aliphatic carbocycles. The first-order chi connectivity index (χ1) is 8.09. The number of carbonyl (C=O) groups is 1. The second-order valence-corrected chi connectivity index (χ2v) is 4.67. The summed E-state index contributed by atoms with van der Waals surface area (Å²) in [5, 5.41) is 0. The summed E-state index contributed by atoms with van der Waals surface area (Å²) in [6.45, 7) is 4.22. The van der Waals surface area contributed by atoms with E-state index in [1.807, 2.05) is 11.0 Å². The average Bonchev–Trinajstić information content (AvgIpc) is 2.32. The molecule has 2 heterocycles. The van der Waals surface area contributed by atoms with Gasteiger partial charge >= 0.3 is 0 Å². The number of pyridine rings is 1. The van der Waals surface area contributed by atoms with Gasteiger partial charge in [-0.3, -0.25) is 9.59 Å². The summed E-state index contributed by atoms with van der Waals surface area (Å²) in [6, 6.07) is 2.02. The molecule has 1 aromatic heterocycles. The van der Waals surface area contributed by atoms with Crippen LogP contribution in [0.3, 0.4) is 0 Å². The zero-order valence-corrected chi connectivity index (χ0v) is 10.3. The first-order valence-electron chi connectivity index (χ1n) is 6.06. The van der Waals surface area contributed by atoms with Crippen LogP contribution in [0.1, 0.15) is 43.4 Å². The Kier molecular flexibility index (Phi) is 3.31. The van der Waals surface area contributed by atoms with Crippen molar-refractivity contribution in [3.8, 4) is 0 Å². The van der Waals surface area contributed by atoms with E-state index in [1.54, 1.807) is 20.0 Å². The molecule has 1 amide bonds. The van der Waals surface area contributed by atoms with Gasteiger partial charge in [-0.05, 0) is 37.8 Å². The molecule has 0 aromatic carbocycles. The molecule has 4 nitrogen and oxygen atoms in total. The lowest BCUT2D eigenvalue weighted by atomic mass is 9.95. The highest BCUT2D eigenvalue weighted by atomic mass is 16.2. The van der Waals surface area contributed by atoms with Crippen LogP contribution in [0.4, 0.5) is 0 Å². The molecule has 17 heavy (non-hydrogen) atoms. The molecule has 0 unspecified atom stereocenters. The number of hydrogen-bond acceptors (Lipinski definition) is 2. The van der Waals surface area contributed by atoms with Crippen LogP contribution < -0.4 is 5.56 Å². The van der Waals surface area contributed by atoms with Crippen LogP contribution in [0.15, 0.2) is 17.1 Å². The molecule has 1 aliphatic heterocycles. The molecular weight excluding hydrogens is 216 g/mol. The predicted molar refractivity (Wildman–Crippen MR) is 65.8 cm³/mol. The number of aromatic amines is 1. The van der Waals surface area contributed by atoms with Crippen molar-refractivity contribution < 1.29 is 4.79 Å². The maximum atomic E-state index is 11.6. The highest BCUT2D eigenvalue weighted by Crippen LogP contribution is 2.30. The van der Waals surface area contributed by atoms with Crippen LogP contribution in [-0.2, 0) is 4.79 Å². The van der Waals surface area contributed by atoms with Gasteiger partial charge < -0.3 is 9.88 Å². The first kappa shape index (κ1) is 11.9. The van der Waals surface area contributed by atoms with Gasteiger partial charge in [0.2, 0.25) is 5.91 Å². The van der Waals surface area contributed by atoms with E-state index in [1.165, 1.54) is 0 Å². The largest absolute Gasteiger partial charge is 0.336 e. The molecule has 1 aromatic rings. The zero-order chi connectivity index (χ0) is 12.4. The van der Waals surface area contributed by atoms with Gasteiger partial charge in [-0.25, -0.2) is 0 Å². The monoisotopic (exact) mass is 234 g/mol. The smallest absolute Gasteiger partial charge is 0.250 e. The number of aryl methyl sites for hydroxylation is 1. The maximum Gasteiger partial charge on any atom is 0.250 e. The van der Waals surface area contributed by atoms with Crippen LogP contribution in [0.25, 0.3) is 0 Å². The van der Waals surface area contributed by atoms with Crippen LogP contribution >= 0.6 is 0 Å². The third kappa shape index (κ3) is 2.40. The molecule has 1 aliphatic rings. The number of hydrogen-bond donors (Lipinski definition) is 1. The molecule has 1 fully saturated rings. The summed E-state index contributed by atoms with van der Waals surface area (Å²) in [5.74, 6) is 0.110. The number of nitrogens with one attached hydrogen (secondary N) is 1. The molecule has 0 bridgehead atoms. The maximum absolute atomic E-state index is 11.6. The lowest BCUT2D eigenvalue weighted by molar-refractivity contribution is -0.132. The van der Waals surface area contributed by atoms with Crippen molar-refractivity contribution in [1.29, 1.82) is 0 Å². The number of H-pyrrole nitrogens is 1. The molecular formula is C13H18N2O2. The van der Waals surface area contributed by atoms with Crippen LogP contribution in [-0.4, -0.2) is 22.3 Å². The molecule has 0 radical (unpaired) electrons. The number of aromatic nitrogens is 1. The molecule has 4 heteroatoms. The Labute approximate surface area is 101 Å². The van der Waals surface area contributed by atoms with E-state index in [0.717, 1.165) is 31.4 Å². The number of amides is 1. The van der Waals surface area contributed by atoms with Gasteiger partial charge in [0.25, 0.3) is 5.56 Å². The standard InChI is InChI=1S/C13H18N2O2/c1-9-7-11(8-14-13(9)17)12-5-3-4-6-15(12)10(2)16/h7-8,12H,3-6H2,1-2H3,(H,14,17)/t12-/m0/s1. The Morgan fingerprint density at radius 1 is 1.47 bits per heavy atom. The van der Waals surface area contributed by atoms with Gasteiger partial charge in [0.15, 0.2) is 0 Å². The van der Waals surface area contributed by atoms with Crippen molar-refractivity contribution in [3.63, 3.8) is 0 Å². The van der Waals surface area contributed by atoms with E-state index in [-0.39, 0.29) is 17.5 Å². The Bertz CT molecular complexity index is 479. The molecule has 1 atom stereocenters. The quantitative estimate of drug-likeness (QED) is 0.805. The molecule has 1 N–H and O–H groups in total. The van der Waals surface area contributed by atoms with Crippen molar-refractivity contribution in [1.82, 2.24) is 9.88 Å². The molecule has 1 saturated heterocycles. The van der Waals surface area contributed by atoms with E-state index in [2.05, 4.69) is 4.98 Å². The lowest BCUT2D eigenvalue weighted by Crippen LogP contribution is -2.37. The summed E-state index contributed by atoms with van der Waals surface area (Å²) in [7, 11) is 0. The van der Waals surface area contributed by atoms with Crippen molar-refractivity contribution in [2.24, 2.45) is 0 Å². The number of nitrogens with zero attached hydrogens (tertiary/aromatic N) is 1. The minimum atomic E-state index is -0.0565. The van der Waals surface area contributed by atoms with Crippen LogP contribution in [0, 0.1) is 6.92 Å². The van der Waals surface area contributed by atoms with Crippen molar-refractivity contribution in [2.45, 2.75) is 39.2 Å². The van der Waals surface area contributed by atoms with Gasteiger partial charge in [-0.2, -0.15) is 0 Å². The van der Waals surface area contributed by atoms with Gasteiger partial charge in [-0.15, -0.1) is 0 Å². The van der Waals surface area contributed by atoms with E-state index in [4.69, 9.17) is 0 Å². The third-order valence-electron chi connectivity index (χ3n) is 3.40. The highest BCUT2D eigenvalue weighted by Gasteiger charge is 2.25. The Morgan fingerprint density at radius 3 is 2.88 bits per heavy atom. The minimum Gasteiger partial charge on any atom is -0.336 e. The van der Waals surface area contributed by atoms with Crippen molar-refractivity contribution in [3.05, 3.63) is 33.7 Å². The summed E-state index contributed by atoms with van der Waals surface area (Å²) in [5.41, 5.74) is 1.69. The van der Waals surface area contributed by atoms with E-state index in [9.17, 15) is 9.59 Å². The molecule has 0 spiro atoms. The van der Waals surface area contributed by atoms with E-state index >= 15 is 0 Å². The third-order valence-corrected chi connectivity index (χ3v) is 3.40. The summed E-state index contributed by atoms with van der Waals surface area (Å²) in [6.07, 6.45) is 4.91. The fraction of sp³-hybridized carbons (Fsp3) is 0.538. The summed E-state index contributed by atoms with van der Waals surface area (Å²) < 4.78 is 0. The Hall–Kier alpha value is -1.58. The van der Waals surface area contributed by atoms with Gasteiger partial charge in [0.1, 0.15) is 0 Å². The number of piperidine rings is 1. The minimum absolute atomic E-state index is 0.0565. The topological polar surface area (TPSA) is 53.2 Å². The highest BCUT2D eigenvalue weighted by molar-refractivity contribution is 5.74. The van der Waals surface area contributed by atoms with Gasteiger partial charge in [0.05, 0.1) is 6.04 Å². The van der Waals surface area contributed by atoms with Crippen LogP contribution in [0.5, 0.6) is 0 Å². The van der Waals surface area contributed by atoms with Crippen molar-refractivity contribution >= 4 is 5.91 Å². The second-order valence-electron chi connectivity index (χ2n) is 4.67. The number of likely N-dealkylation sites (tertiary alicyclic amines) is 1. The number of rotatable bonds is 1. The first-order valence-corrected chi connectivity index (χ1v) is 6.06. The second kappa shape index (κ2) is 4.73. The predicted octanol–water partition coefficient (Wildman–Crippen LogP) is 1.76.